The Bertz CT molecular complexity index is 112. The van der Waals surface area contributed by atoms with Crippen LogP contribution in [0, 0.1) is 0 Å². The van der Waals surface area contributed by atoms with Crippen LogP contribution < -0.4 is 0 Å². The maximum atomic E-state index is 5.52. The van der Waals surface area contributed by atoms with Crippen molar-refractivity contribution >= 4 is 0 Å². The highest BCUT2D eigenvalue weighted by molar-refractivity contribution is 4.43. The molecule has 0 saturated heterocycles. The summed E-state index contributed by atoms with van der Waals surface area (Å²) in [6.07, 6.45) is 11.7. The molecule has 0 heterocycles. The topological polar surface area (TPSA) is 18.5 Å². The molecule has 0 aromatic carbocycles. The maximum Gasteiger partial charge on any atom is 0.0700 e. The Morgan fingerprint density at radius 1 is 0.471 bits per heavy atom. The molecule has 0 aromatic rings. The highest BCUT2D eigenvalue weighted by atomic mass is 16.5. The van der Waals surface area contributed by atoms with Crippen LogP contribution >= 0.6 is 0 Å². The van der Waals surface area contributed by atoms with Crippen LogP contribution in [0.2, 0.25) is 0 Å². The first kappa shape index (κ1) is 16.9. The molecule has 0 amide bonds. The SMILES string of the molecule is CCCCCCCCOCCOCCCCC. The summed E-state index contributed by atoms with van der Waals surface area (Å²) in [7, 11) is 0. The van der Waals surface area contributed by atoms with E-state index in [4.69, 9.17) is 9.47 Å². The third kappa shape index (κ3) is 15.9. The van der Waals surface area contributed by atoms with Crippen LogP contribution in [0.15, 0.2) is 0 Å². The lowest BCUT2D eigenvalue weighted by atomic mass is 10.1. The van der Waals surface area contributed by atoms with Gasteiger partial charge in [0.1, 0.15) is 0 Å². The molecule has 0 spiro atoms. The molecule has 104 valence electrons. The van der Waals surface area contributed by atoms with Gasteiger partial charge in [-0.2, -0.15) is 0 Å². The molecule has 0 rings (SSSR count). The summed E-state index contributed by atoms with van der Waals surface area (Å²) >= 11 is 0. The van der Waals surface area contributed by atoms with Crippen LogP contribution in [0.1, 0.15) is 71.6 Å². The van der Waals surface area contributed by atoms with E-state index in [0.717, 1.165) is 26.4 Å². The normalized spacial score (nSPS) is 10.9. The zero-order chi connectivity index (χ0) is 12.6. The van der Waals surface area contributed by atoms with Gasteiger partial charge in [0.25, 0.3) is 0 Å². The van der Waals surface area contributed by atoms with Crippen molar-refractivity contribution in [2.75, 3.05) is 26.4 Å². The fraction of sp³-hybridized carbons (Fsp3) is 1.00. The van der Waals surface area contributed by atoms with Crippen molar-refractivity contribution in [3.63, 3.8) is 0 Å². The lowest BCUT2D eigenvalue weighted by Gasteiger charge is -2.05. The van der Waals surface area contributed by atoms with Crippen molar-refractivity contribution in [1.82, 2.24) is 0 Å². The van der Waals surface area contributed by atoms with Crippen LogP contribution in [-0.2, 0) is 9.47 Å². The molecule has 0 N–H and O–H groups in total. The molecule has 0 atom stereocenters. The smallest absolute Gasteiger partial charge is 0.0700 e. The Morgan fingerprint density at radius 3 is 1.47 bits per heavy atom. The summed E-state index contributed by atoms with van der Waals surface area (Å²) in [6, 6.07) is 0. The third-order valence-corrected chi connectivity index (χ3v) is 2.91. The molecule has 2 nitrogen and oxygen atoms in total. The lowest BCUT2D eigenvalue weighted by Crippen LogP contribution is -2.06. The Kier molecular flexibility index (Phi) is 15.8. The number of unbranched alkanes of at least 4 members (excludes halogenated alkanes) is 7. The summed E-state index contributed by atoms with van der Waals surface area (Å²) in [5.41, 5.74) is 0. The van der Waals surface area contributed by atoms with Gasteiger partial charge in [-0.1, -0.05) is 58.8 Å². The highest BCUT2D eigenvalue weighted by Gasteiger charge is 1.92. The van der Waals surface area contributed by atoms with E-state index in [1.807, 2.05) is 0 Å². The monoisotopic (exact) mass is 244 g/mol. The molecule has 17 heavy (non-hydrogen) atoms. The maximum absolute atomic E-state index is 5.52. The summed E-state index contributed by atoms with van der Waals surface area (Å²) in [6.45, 7) is 7.80. The Balaban J connectivity index is 2.85. The van der Waals surface area contributed by atoms with Gasteiger partial charge in [-0.3, -0.25) is 0 Å². The number of ether oxygens (including phenoxy) is 2. The van der Waals surface area contributed by atoms with E-state index in [0.29, 0.717) is 0 Å². The Morgan fingerprint density at radius 2 is 0.882 bits per heavy atom. The minimum absolute atomic E-state index is 0.763. The van der Waals surface area contributed by atoms with Gasteiger partial charge in [-0.05, 0) is 12.8 Å². The van der Waals surface area contributed by atoms with Gasteiger partial charge in [-0.25, -0.2) is 0 Å². The summed E-state index contributed by atoms with van der Waals surface area (Å²) in [4.78, 5) is 0. The second-order valence-corrected chi connectivity index (χ2v) is 4.70. The molecule has 0 aliphatic carbocycles. The minimum atomic E-state index is 0.763. The molecule has 0 bridgehead atoms. The Labute approximate surface area is 108 Å². The average Bonchev–Trinajstić information content (AvgIpc) is 2.35. The van der Waals surface area contributed by atoms with Gasteiger partial charge in [0.2, 0.25) is 0 Å². The molecule has 0 aliphatic rings. The van der Waals surface area contributed by atoms with E-state index in [9.17, 15) is 0 Å². The van der Waals surface area contributed by atoms with Crippen molar-refractivity contribution in [3.8, 4) is 0 Å². The van der Waals surface area contributed by atoms with Gasteiger partial charge in [0, 0.05) is 13.2 Å². The van der Waals surface area contributed by atoms with Gasteiger partial charge >= 0.3 is 0 Å². The molecular weight excluding hydrogens is 212 g/mol. The van der Waals surface area contributed by atoms with E-state index in [1.165, 1.54) is 57.8 Å². The Hall–Kier alpha value is -0.0800. The van der Waals surface area contributed by atoms with Crippen LogP contribution in [-0.4, -0.2) is 26.4 Å². The quantitative estimate of drug-likeness (QED) is 0.417. The number of rotatable bonds is 14. The number of hydrogen-bond acceptors (Lipinski definition) is 2. The average molecular weight is 244 g/mol. The van der Waals surface area contributed by atoms with Crippen molar-refractivity contribution in [2.45, 2.75) is 71.6 Å². The van der Waals surface area contributed by atoms with Crippen molar-refractivity contribution in [3.05, 3.63) is 0 Å². The van der Waals surface area contributed by atoms with E-state index in [2.05, 4.69) is 13.8 Å². The minimum Gasteiger partial charge on any atom is -0.379 e. The van der Waals surface area contributed by atoms with E-state index in [1.54, 1.807) is 0 Å². The van der Waals surface area contributed by atoms with Crippen molar-refractivity contribution in [2.24, 2.45) is 0 Å². The number of hydrogen-bond donors (Lipinski definition) is 0. The predicted octanol–water partition coefficient (Wildman–Crippen LogP) is 4.57. The van der Waals surface area contributed by atoms with Crippen LogP contribution in [0.25, 0.3) is 0 Å². The van der Waals surface area contributed by atoms with Crippen molar-refractivity contribution in [1.29, 1.82) is 0 Å². The van der Waals surface area contributed by atoms with Crippen molar-refractivity contribution < 1.29 is 9.47 Å². The zero-order valence-electron chi connectivity index (χ0n) is 12.0. The molecule has 0 unspecified atom stereocenters. The lowest BCUT2D eigenvalue weighted by molar-refractivity contribution is 0.0449. The first-order chi connectivity index (χ1) is 8.41. The third-order valence-electron chi connectivity index (χ3n) is 2.91. The highest BCUT2D eigenvalue weighted by Crippen LogP contribution is 2.04. The van der Waals surface area contributed by atoms with E-state index in [-0.39, 0.29) is 0 Å². The van der Waals surface area contributed by atoms with Crippen LogP contribution in [0.5, 0.6) is 0 Å². The predicted molar refractivity (Wildman–Crippen MR) is 74.5 cm³/mol. The van der Waals surface area contributed by atoms with E-state index < -0.39 is 0 Å². The summed E-state index contributed by atoms with van der Waals surface area (Å²) in [5.74, 6) is 0. The molecule has 0 radical (unpaired) electrons. The van der Waals surface area contributed by atoms with Gasteiger partial charge in [0.15, 0.2) is 0 Å². The molecule has 2 heteroatoms. The van der Waals surface area contributed by atoms with Crippen LogP contribution in [0.4, 0.5) is 0 Å². The molecular formula is C15H32O2. The first-order valence-electron chi connectivity index (χ1n) is 7.57. The fourth-order valence-corrected chi connectivity index (χ4v) is 1.76. The summed E-state index contributed by atoms with van der Waals surface area (Å²) < 4.78 is 11.0. The second kappa shape index (κ2) is 15.9. The summed E-state index contributed by atoms with van der Waals surface area (Å²) in [5, 5.41) is 0. The standard InChI is InChI=1S/C15H32O2/c1-3-5-7-8-9-11-13-17-15-14-16-12-10-6-4-2/h3-15H2,1-2H3. The van der Waals surface area contributed by atoms with Gasteiger partial charge in [-0.15, -0.1) is 0 Å². The van der Waals surface area contributed by atoms with Crippen LogP contribution in [0.3, 0.4) is 0 Å². The van der Waals surface area contributed by atoms with Gasteiger partial charge in [0.05, 0.1) is 13.2 Å². The zero-order valence-corrected chi connectivity index (χ0v) is 12.0. The second-order valence-electron chi connectivity index (χ2n) is 4.70. The molecule has 0 aliphatic heterocycles. The van der Waals surface area contributed by atoms with Gasteiger partial charge < -0.3 is 9.47 Å². The van der Waals surface area contributed by atoms with E-state index >= 15 is 0 Å². The molecule has 0 fully saturated rings. The first-order valence-corrected chi connectivity index (χ1v) is 7.57. The fourth-order valence-electron chi connectivity index (χ4n) is 1.76. The molecule has 0 aromatic heterocycles. The molecule has 0 saturated carbocycles. The largest absolute Gasteiger partial charge is 0.379 e.